The zero-order valence-corrected chi connectivity index (χ0v) is 18.0. The highest BCUT2D eigenvalue weighted by Gasteiger charge is 2.42. The van der Waals surface area contributed by atoms with Crippen LogP contribution in [0.25, 0.3) is 22.3 Å². The van der Waals surface area contributed by atoms with Gasteiger partial charge < -0.3 is 20.3 Å². The lowest BCUT2D eigenvalue weighted by molar-refractivity contribution is -0.130. The fraction of sp³-hybridized carbons (Fsp3) is 0.208. The predicted molar refractivity (Wildman–Crippen MR) is 120 cm³/mol. The Bertz CT molecular complexity index is 1370. The highest BCUT2D eigenvalue weighted by molar-refractivity contribution is 5.96. The molecule has 1 aliphatic heterocycles. The van der Waals surface area contributed by atoms with Crippen LogP contribution in [0.3, 0.4) is 0 Å². The van der Waals surface area contributed by atoms with Crippen molar-refractivity contribution in [3.05, 3.63) is 65.9 Å². The summed E-state index contributed by atoms with van der Waals surface area (Å²) in [6, 6.07) is 10.9. The molecule has 1 unspecified atom stereocenters. The van der Waals surface area contributed by atoms with E-state index in [9.17, 15) is 18.7 Å². The highest BCUT2D eigenvalue weighted by atomic mass is 19.1. The summed E-state index contributed by atoms with van der Waals surface area (Å²) in [4.78, 5) is 25.5. The molecule has 5 rings (SSSR count). The number of H-pyrrole nitrogens is 1. The van der Waals surface area contributed by atoms with Gasteiger partial charge in [0.25, 0.3) is 0 Å². The highest BCUT2D eigenvalue weighted by Crippen LogP contribution is 2.37. The summed E-state index contributed by atoms with van der Waals surface area (Å²) in [6.45, 7) is 2.64. The van der Waals surface area contributed by atoms with Gasteiger partial charge >= 0.3 is 0 Å². The molecule has 7 nitrogen and oxygen atoms in total. The van der Waals surface area contributed by atoms with E-state index in [0.717, 1.165) is 24.1 Å². The van der Waals surface area contributed by atoms with Crippen molar-refractivity contribution in [2.75, 3.05) is 18.9 Å². The number of aromatic nitrogens is 3. The van der Waals surface area contributed by atoms with E-state index < -0.39 is 17.0 Å². The topological polar surface area (TPSA) is 94.1 Å². The van der Waals surface area contributed by atoms with E-state index in [2.05, 4.69) is 20.3 Å². The number of rotatable bonds is 4. The van der Waals surface area contributed by atoms with Crippen LogP contribution in [0.15, 0.2) is 48.7 Å². The number of halogens is 2. The predicted octanol–water partition coefficient (Wildman–Crippen LogP) is 4.47. The third-order valence-corrected chi connectivity index (χ3v) is 6.26. The van der Waals surface area contributed by atoms with Crippen LogP contribution in [0, 0.1) is 11.6 Å². The number of benzene rings is 2. The Morgan fingerprint density at radius 3 is 2.45 bits per heavy atom. The SMILES string of the molecule is CN1CCC(C)(c2ccc(Nc3nc(-c4c(F)cccc4F)nc4c[nH]c(O)c34)cc2)C1=O. The molecule has 0 aliphatic carbocycles. The van der Waals surface area contributed by atoms with Crippen LogP contribution in [0.4, 0.5) is 20.3 Å². The van der Waals surface area contributed by atoms with Crippen LogP contribution in [0.2, 0.25) is 0 Å². The van der Waals surface area contributed by atoms with Crippen molar-refractivity contribution in [2.24, 2.45) is 0 Å². The maximum absolute atomic E-state index is 14.4. The normalized spacial score (nSPS) is 18.3. The van der Waals surface area contributed by atoms with Gasteiger partial charge in [-0.1, -0.05) is 18.2 Å². The van der Waals surface area contributed by atoms with Crippen LogP contribution in [0.1, 0.15) is 18.9 Å². The van der Waals surface area contributed by atoms with Crippen molar-refractivity contribution >= 4 is 28.3 Å². The molecule has 9 heteroatoms. The van der Waals surface area contributed by atoms with E-state index in [1.165, 1.54) is 12.3 Å². The Morgan fingerprint density at radius 1 is 1.12 bits per heavy atom. The molecule has 1 aliphatic rings. The number of nitrogens with zero attached hydrogens (tertiary/aromatic N) is 3. The van der Waals surface area contributed by atoms with Crippen LogP contribution >= 0.6 is 0 Å². The van der Waals surface area contributed by atoms with E-state index in [4.69, 9.17) is 0 Å². The Morgan fingerprint density at radius 2 is 1.82 bits per heavy atom. The standard InChI is InChI=1S/C24H21F2N5O2/c1-24(10-11-31(2)23(24)33)13-6-8-14(9-7-13)28-21-19-17(12-27-22(19)32)29-20(30-21)18-15(25)4-3-5-16(18)26/h3-9,12,27,32H,10-11H2,1-2H3,(H,28,29,30). The van der Waals surface area contributed by atoms with E-state index in [0.29, 0.717) is 23.1 Å². The molecule has 0 spiro atoms. The van der Waals surface area contributed by atoms with Crippen molar-refractivity contribution in [2.45, 2.75) is 18.8 Å². The minimum absolute atomic E-state index is 0.0783. The number of carbonyl (C=O) groups is 1. The number of hydrogen-bond donors (Lipinski definition) is 3. The molecule has 2 aromatic heterocycles. The number of carbonyl (C=O) groups excluding carboxylic acids is 1. The first-order valence-electron chi connectivity index (χ1n) is 10.4. The number of aromatic hydroxyl groups is 1. The number of nitrogens with one attached hydrogen (secondary N) is 2. The molecule has 3 heterocycles. The maximum Gasteiger partial charge on any atom is 0.232 e. The average Bonchev–Trinajstić information content (AvgIpc) is 3.29. The molecule has 33 heavy (non-hydrogen) atoms. The summed E-state index contributed by atoms with van der Waals surface area (Å²) in [7, 11) is 1.79. The maximum atomic E-state index is 14.4. The molecule has 1 saturated heterocycles. The third kappa shape index (κ3) is 3.36. The Balaban J connectivity index is 1.54. The monoisotopic (exact) mass is 449 g/mol. The lowest BCUT2D eigenvalue weighted by Gasteiger charge is -2.23. The average molecular weight is 449 g/mol. The molecule has 1 atom stereocenters. The first-order chi connectivity index (χ1) is 15.8. The van der Waals surface area contributed by atoms with Gasteiger partial charge in [0, 0.05) is 25.5 Å². The molecular formula is C24H21F2N5O2. The summed E-state index contributed by atoms with van der Waals surface area (Å²) in [6.07, 6.45) is 2.17. The molecule has 0 radical (unpaired) electrons. The molecule has 1 amide bonds. The van der Waals surface area contributed by atoms with Gasteiger partial charge in [0.05, 0.1) is 16.5 Å². The minimum Gasteiger partial charge on any atom is -0.494 e. The zero-order valence-electron chi connectivity index (χ0n) is 18.0. The van der Waals surface area contributed by atoms with Crippen molar-refractivity contribution in [3.8, 4) is 17.3 Å². The second-order valence-electron chi connectivity index (χ2n) is 8.40. The fourth-order valence-electron chi connectivity index (χ4n) is 4.29. The minimum atomic E-state index is -0.788. The molecule has 4 aromatic rings. The van der Waals surface area contributed by atoms with E-state index in [-0.39, 0.29) is 29.0 Å². The van der Waals surface area contributed by atoms with Gasteiger partial charge in [-0.3, -0.25) is 4.79 Å². The van der Waals surface area contributed by atoms with Crippen molar-refractivity contribution < 1.29 is 18.7 Å². The number of fused-ring (bicyclic) bond motifs is 1. The Hall–Kier alpha value is -4.01. The summed E-state index contributed by atoms with van der Waals surface area (Å²) < 4.78 is 28.7. The number of likely N-dealkylation sites (tertiary alicyclic amines) is 1. The molecule has 0 saturated carbocycles. The molecule has 1 fully saturated rings. The van der Waals surface area contributed by atoms with Crippen molar-refractivity contribution in [1.29, 1.82) is 0 Å². The number of likely N-dealkylation sites (N-methyl/N-ethyl adjacent to an activating group) is 1. The molecular weight excluding hydrogens is 428 g/mol. The van der Waals surface area contributed by atoms with Gasteiger partial charge in [0.1, 0.15) is 22.8 Å². The van der Waals surface area contributed by atoms with Gasteiger partial charge in [-0.15, -0.1) is 0 Å². The van der Waals surface area contributed by atoms with Crippen LogP contribution < -0.4 is 5.32 Å². The number of anilines is 2. The molecule has 3 N–H and O–H groups in total. The zero-order chi connectivity index (χ0) is 23.3. The molecule has 0 bridgehead atoms. The number of hydrogen-bond acceptors (Lipinski definition) is 5. The van der Waals surface area contributed by atoms with E-state index >= 15 is 0 Å². The van der Waals surface area contributed by atoms with E-state index in [1.807, 2.05) is 19.1 Å². The quantitative estimate of drug-likeness (QED) is 0.427. The lowest BCUT2D eigenvalue weighted by Crippen LogP contribution is -2.33. The lowest BCUT2D eigenvalue weighted by atomic mass is 9.81. The second-order valence-corrected chi connectivity index (χ2v) is 8.40. The molecule has 2 aromatic carbocycles. The summed E-state index contributed by atoms with van der Waals surface area (Å²) in [5.41, 5.74) is 0.890. The van der Waals surface area contributed by atoms with Crippen LogP contribution in [-0.4, -0.2) is 44.5 Å². The van der Waals surface area contributed by atoms with Crippen molar-refractivity contribution in [3.63, 3.8) is 0 Å². The first-order valence-corrected chi connectivity index (χ1v) is 10.4. The Labute approximate surface area is 188 Å². The summed E-state index contributed by atoms with van der Waals surface area (Å²) >= 11 is 0. The summed E-state index contributed by atoms with van der Waals surface area (Å²) in [5, 5.41) is 13.6. The number of amides is 1. The van der Waals surface area contributed by atoms with Crippen molar-refractivity contribution in [1.82, 2.24) is 19.9 Å². The van der Waals surface area contributed by atoms with Gasteiger partial charge in [0.15, 0.2) is 5.82 Å². The Kier molecular flexibility index (Phi) is 4.77. The van der Waals surface area contributed by atoms with Crippen LogP contribution in [0.5, 0.6) is 5.88 Å². The van der Waals surface area contributed by atoms with Crippen LogP contribution in [-0.2, 0) is 10.2 Å². The third-order valence-electron chi connectivity index (χ3n) is 6.26. The fourth-order valence-corrected chi connectivity index (χ4v) is 4.29. The largest absolute Gasteiger partial charge is 0.494 e. The smallest absolute Gasteiger partial charge is 0.232 e. The second kappa shape index (κ2) is 7.54. The van der Waals surface area contributed by atoms with Gasteiger partial charge in [0.2, 0.25) is 11.8 Å². The van der Waals surface area contributed by atoms with Gasteiger partial charge in [-0.2, -0.15) is 0 Å². The van der Waals surface area contributed by atoms with E-state index in [1.54, 1.807) is 24.1 Å². The van der Waals surface area contributed by atoms with Gasteiger partial charge in [-0.25, -0.2) is 18.7 Å². The van der Waals surface area contributed by atoms with Gasteiger partial charge in [-0.05, 0) is 43.2 Å². The first kappa shape index (κ1) is 20.9. The molecule has 168 valence electrons. The number of aromatic amines is 1. The summed E-state index contributed by atoms with van der Waals surface area (Å²) in [5.74, 6) is -1.63.